The molecule has 3 heteroatoms. The van der Waals surface area contributed by atoms with Crippen molar-refractivity contribution < 1.29 is 5.11 Å². The second-order valence-electron chi connectivity index (χ2n) is 5.55. The zero-order valence-electron chi connectivity index (χ0n) is 12.6. The summed E-state index contributed by atoms with van der Waals surface area (Å²) in [6.45, 7) is 2.25. The summed E-state index contributed by atoms with van der Waals surface area (Å²) in [7, 11) is 1.96. The summed E-state index contributed by atoms with van der Waals surface area (Å²) in [5.74, 6) is 0. The van der Waals surface area contributed by atoms with Gasteiger partial charge in [0.05, 0.1) is 6.10 Å². The van der Waals surface area contributed by atoms with Crippen LogP contribution in [0.5, 0.6) is 0 Å². The summed E-state index contributed by atoms with van der Waals surface area (Å²) in [6.07, 6.45) is 13.6. The molecule has 0 amide bonds. The smallest absolute Gasteiger partial charge is 0.0544 e. The maximum atomic E-state index is 9.95. The van der Waals surface area contributed by atoms with Gasteiger partial charge in [-0.25, -0.2) is 0 Å². The maximum absolute atomic E-state index is 9.95. The van der Waals surface area contributed by atoms with Gasteiger partial charge >= 0.3 is 0 Å². The quantitative estimate of drug-likeness (QED) is 0.618. The Morgan fingerprint density at radius 3 is 2.42 bits per heavy atom. The van der Waals surface area contributed by atoms with Gasteiger partial charge in [-0.1, -0.05) is 51.9 Å². The first-order chi connectivity index (χ1) is 9.24. The van der Waals surface area contributed by atoms with E-state index in [4.69, 9.17) is 0 Å². The predicted octanol–water partition coefficient (Wildman–Crippen LogP) is 3.85. The summed E-state index contributed by atoms with van der Waals surface area (Å²) in [5, 5.41) is 14.1. The molecule has 3 nitrogen and oxygen atoms in total. The van der Waals surface area contributed by atoms with E-state index in [0.717, 1.165) is 19.3 Å². The van der Waals surface area contributed by atoms with Crippen molar-refractivity contribution in [3.8, 4) is 0 Å². The Balaban J connectivity index is 1.96. The summed E-state index contributed by atoms with van der Waals surface area (Å²) in [4.78, 5) is 0. The molecule has 110 valence electrons. The summed E-state index contributed by atoms with van der Waals surface area (Å²) in [5.41, 5.74) is 1.21. The number of aromatic nitrogens is 2. The molecule has 0 spiro atoms. The second-order valence-corrected chi connectivity index (χ2v) is 5.55. The van der Waals surface area contributed by atoms with Crippen LogP contribution in [0.1, 0.15) is 70.4 Å². The first-order valence-electron chi connectivity index (χ1n) is 7.89. The number of nitrogens with zero attached hydrogens (tertiary/aromatic N) is 2. The molecule has 0 saturated heterocycles. The van der Waals surface area contributed by atoms with Gasteiger partial charge in [0.2, 0.25) is 0 Å². The standard InChI is InChI=1S/C16H30N2O/c1-3-4-5-6-7-8-9-10-16(19)12-11-15-13-14-17-18(15)2/h13-14,16,19H,3-12H2,1-2H3. The molecule has 0 bridgehead atoms. The van der Waals surface area contributed by atoms with Crippen LogP contribution in [0.3, 0.4) is 0 Å². The van der Waals surface area contributed by atoms with Crippen molar-refractivity contribution in [2.45, 2.75) is 77.2 Å². The molecule has 1 aromatic heterocycles. The third kappa shape index (κ3) is 7.36. The summed E-state index contributed by atoms with van der Waals surface area (Å²) < 4.78 is 1.89. The van der Waals surface area contributed by atoms with E-state index in [-0.39, 0.29) is 6.10 Å². The van der Waals surface area contributed by atoms with E-state index >= 15 is 0 Å². The molecule has 0 aliphatic rings. The van der Waals surface area contributed by atoms with E-state index in [0.29, 0.717) is 0 Å². The minimum atomic E-state index is -0.148. The molecule has 1 N–H and O–H groups in total. The van der Waals surface area contributed by atoms with Gasteiger partial charge in [0, 0.05) is 18.9 Å². The molecule has 1 rings (SSSR count). The van der Waals surface area contributed by atoms with E-state index in [1.54, 1.807) is 0 Å². The van der Waals surface area contributed by atoms with E-state index in [9.17, 15) is 5.11 Å². The lowest BCUT2D eigenvalue weighted by molar-refractivity contribution is 0.150. The minimum absolute atomic E-state index is 0.148. The number of hydrogen-bond acceptors (Lipinski definition) is 2. The van der Waals surface area contributed by atoms with Gasteiger partial charge < -0.3 is 5.11 Å². The highest BCUT2D eigenvalue weighted by Gasteiger charge is 2.06. The van der Waals surface area contributed by atoms with Gasteiger partial charge in [0.15, 0.2) is 0 Å². The summed E-state index contributed by atoms with van der Waals surface area (Å²) >= 11 is 0. The molecule has 0 aromatic carbocycles. The lowest BCUT2D eigenvalue weighted by Gasteiger charge is -2.10. The van der Waals surface area contributed by atoms with Crippen molar-refractivity contribution >= 4 is 0 Å². The van der Waals surface area contributed by atoms with E-state index in [1.807, 2.05) is 24.0 Å². The molecule has 0 fully saturated rings. The van der Waals surface area contributed by atoms with Crippen molar-refractivity contribution in [3.05, 3.63) is 18.0 Å². The van der Waals surface area contributed by atoms with Crippen LogP contribution in [0, 0.1) is 0 Å². The molecule has 1 unspecified atom stereocenters. The average Bonchev–Trinajstić information content (AvgIpc) is 2.81. The van der Waals surface area contributed by atoms with Crippen LogP contribution in [0.25, 0.3) is 0 Å². The molecular weight excluding hydrogens is 236 g/mol. The van der Waals surface area contributed by atoms with Crippen LogP contribution < -0.4 is 0 Å². The Kier molecular flexibility index (Phi) is 8.55. The Labute approximate surface area is 118 Å². The lowest BCUT2D eigenvalue weighted by atomic mass is 10.0. The van der Waals surface area contributed by atoms with Crippen molar-refractivity contribution in [1.82, 2.24) is 9.78 Å². The third-order valence-electron chi connectivity index (χ3n) is 3.80. The lowest BCUT2D eigenvalue weighted by Crippen LogP contribution is -2.09. The number of aliphatic hydroxyl groups is 1. The first kappa shape index (κ1) is 16.2. The van der Waals surface area contributed by atoms with E-state index < -0.39 is 0 Å². The minimum Gasteiger partial charge on any atom is -0.393 e. The number of aliphatic hydroxyl groups excluding tert-OH is 1. The molecule has 1 aromatic rings. The van der Waals surface area contributed by atoms with Crippen LogP contribution >= 0.6 is 0 Å². The van der Waals surface area contributed by atoms with Crippen molar-refractivity contribution in [3.63, 3.8) is 0 Å². The van der Waals surface area contributed by atoms with Crippen molar-refractivity contribution in [2.24, 2.45) is 7.05 Å². The average molecular weight is 266 g/mol. The SMILES string of the molecule is CCCCCCCCCC(O)CCc1ccnn1C. The second kappa shape index (κ2) is 10.0. The molecule has 0 saturated carbocycles. The molecule has 1 heterocycles. The monoisotopic (exact) mass is 266 g/mol. The van der Waals surface area contributed by atoms with Gasteiger partial charge in [0.1, 0.15) is 0 Å². The largest absolute Gasteiger partial charge is 0.393 e. The van der Waals surface area contributed by atoms with E-state index in [1.165, 1.54) is 50.6 Å². The molecule has 0 aliphatic heterocycles. The Bertz CT molecular complexity index is 322. The van der Waals surface area contributed by atoms with E-state index in [2.05, 4.69) is 12.0 Å². The fourth-order valence-electron chi connectivity index (χ4n) is 2.44. The zero-order valence-corrected chi connectivity index (χ0v) is 12.6. The maximum Gasteiger partial charge on any atom is 0.0544 e. The number of aryl methyl sites for hydroxylation is 2. The third-order valence-corrected chi connectivity index (χ3v) is 3.80. The van der Waals surface area contributed by atoms with Gasteiger partial charge in [-0.2, -0.15) is 5.10 Å². The Morgan fingerprint density at radius 1 is 1.11 bits per heavy atom. The van der Waals surface area contributed by atoms with Crippen LogP contribution in [0.2, 0.25) is 0 Å². The normalized spacial score (nSPS) is 12.8. The molecule has 1 atom stereocenters. The van der Waals surface area contributed by atoms with Gasteiger partial charge in [-0.05, 0) is 25.3 Å². The fraction of sp³-hybridized carbons (Fsp3) is 0.812. The van der Waals surface area contributed by atoms with Gasteiger partial charge in [0.25, 0.3) is 0 Å². The first-order valence-corrected chi connectivity index (χ1v) is 7.89. The highest BCUT2D eigenvalue weighted by Crippen LogP contribution is 2.12. The molecular formula is C16H30N2O. The number of hydrogen-bond donors (Lipinski definition) is 1. The van der Waals surface area contributed by atoms with Crippen LogP contribution in [0.15, 0.2) is 12.3 Å². The molecule has 0 radical (unpaired) electrons. The molecule has 19 heavy (non-hydrogen) atoms. The van der Waals surface area contributed by atoms with Crippen LogP contribution in [-0.2, 0) is 13.5 Å². The van der Waals surface area contributed by atoms with Crippen LogP contribution in [-0.4, -0.2) is 21.0 Å². The Morgan fingerprint density at radius 2 is 1.79 bits per heavy atom. The molecule has 0 aliphatic carbocycles. The number of rotatable bonds is 11. The van der Waals surface area contributed by atoms with Gasteiger partial charge in [-0.15, -0.1) is 0 Å². The van der Waals surface area contributed by atoms with Crippen molar-refractivity contribution in [2.75, 3.05) is 0 Å². The van der Waals surface area contributed by atoms with Gasteiger partial charge in [-0.3, -0.25) is 4.68 Å². The highest BCUT2D eigenvalue weighted by molar-refractivity contribution is 4.99. The Hall–Kier alpha value is -0.830. The topological polar surface area (TPSA) is 38.1 Å². The predicted molar refractivity (Wildman–Crippen MR) is 80.1 cm³/mol. The van der Waals surface area contributed by atoms with Crippen LogP contribution in [0.4, 0.5) is 0 Å². The highest BCUT2D eigenvalue weighted by atomic mass is 16.3. The zero-order chi connectivity index (χ0) is 13.9. The summed E-state index contributed by atoms with van der Waals surface area (Å²) in [6, 6.07) is 2.03. The fourth-order valence-corrected chi connectivity index (χ4v) is 2.44. The number of unbranched alkanes of at least 4 members (excludes halogenated alkanes) is 6. The van der Waals surface area contributed by atoms with Crippen molar-refractivity contribution in [1.29, 1.82) is 0 Å².